The summed E-state index contributed by atoms with van der Waals surface area (Å²) >= 11 is 3.65. The molecule has 0 atom stereocenters. The standard InChI is InChI=1S/C13H23N3S2.HI/c1-4-14-13(15-8-11-17-3)16(2)9-7-12-6-5-10-18-12;/h5-6,10H,4,7-9,11H2,1-3H3,(H,14,15);1H. The summed E-state index contributed by atoms with van der Waals surface area (Å²) in [6.45, 7) is 4.91. The van der Waals surface area contributed by atoms with Gasteiger partial charge < -0.3 is 10.2 Å². The minimum atomic E-state index is 0. The van der Waals surface area contributed by atoms with Crippen molar-refractivity contribution in [3.8, 4) is 0 Å². The average Bonchev–Trinajstić information content (AvgIpc) is 2.88. The minimum Gasteiger partial charge on any atom is -0.357 e. The number of likely N-dealkylation sites (N-methyl/N-ethyl adjacent to an activating group) is 1. The molecule has 0 aliphatic carbocycles. The fourth-order valence-electron chi connectivity index (χ4n) is 1.55. The van der Waals surface area contributed by atoms with Gasteiger partial charge in [0.1, 0.15) is 0 Å². The number of rotatable bonds is 7. The Morgan fingerprint density at radius 2 is 2.32 bits per heavy atom. The number of thiophene rings is 1. The Hall–Kier alpha value is 0.0500. The summed E-state index contributed by atoms with van der Waals surface area (Å²) in [5, 5.41) is 5.47. The van der Waals surface area contributed by atoms with E-state index in [1.54, 1.807) is 0 Å². The first-order valence-electron chi connectivity index (χ1n) is 6.28. The molecule has 3 nitrogen and oxygen atoms in total. The molecule has 1 heterocycles. The molecular formula is C13H24IN3S2. The number of hydrogen-bond donors (Lipinski definition) is 1. The second-order valence-corrected chi connectivity index (χ2v) is 6.00. The van der Waals surface area contributed by atoms with Gasteiger partial charge in [-0.15, -0.1) is 35.3 Å². The fraction of sp³-hybridized carbons (Fsp3) is 0.615. The number of thioether (sulfide) groups is 1. The van der Waals surface area contributed by atoms with Gasteiger partial charge in [0.25, 0.3) is 0 Å². The third-order valence-electron chi connectivity index (χ3n) is 2.53. The Kier molecular flexibility index (Phi) is 11.9. The van der Waals surface area contributed by atoms with E-state index in [4.69, 9.17) is 0 Å². The summed E-state index contributed by atoms with van der Waals surface area (Å²) in [4.78, 5) is 8.26. The van der Waals surface area contributed by atoms with Crippen molar-refractivity contribution < 1.29 is 0 Å². The predicted molar refractivity (Wildman–Crippen MR) is 100 cm³/mol. The Morgan fingerprint density at radius 3 is 2.89 bits per heavy atom. The lowest BCUT2D eigenvalue weighted by molar-refractivity contribution is 0.487. The molecular weight excluding hydrogens is 389 g/mol. The molecule has 0 bridgehead atoms. The first-order chi connectivity index (χ1) is 8.77. The molecule has 0 unspecified atom stereocenters. The van der Waals surface area contributed by atoms with E-state index in [0.717, 1.165) is 37.8 Å². The molecule has 1 N–H and O–H groups in total. The highest BCUT2D eigenvalue weighted by Crippen LogP contribution is 2.09. The molecule has 19 heavy (non-hydrogen) atoms. The van der Waals surface area contributed by atoms with Crippen LogP contribution in [0.4, 0.5) is 0 Å². The van der Waals surface area contributed by atoms with Crippen molar-refractivity contribution in [3.63, 3.8) is 0 Å². The summed E-state index contributed by atoms with van der Waals surface area (Å²) in [6.07, 6.45) is 3.20. The van der Waals surface area contributed by atoms with E-state index in [1.165, 1.54) is 4.88 Å². The zero-order chi connectivity index (χ0) is 13.2. The molecule has 0 saturated heterocycles. The van der Waals surface area contributed by atoms with Gasteiger partial charge in [-0.25, -0.2) is 0 Å². The van der Waals surface area contributed by atoms with Gasteiger partial charge >= 0.3 is 0 Å². The zero-order valence-electron chi connectivity index (χ0n) is 11.9. The molecule has 6 heteroatoms. The first-order valence-corrected chi connectivity index (χ1v) is 8.56. The molecule has 0 aliphatic heterocycles. The number of nitrogens with one attached hydrogen (secondary N) is 1. The second kappa shape index (κ2) is 11.8. The second-order valence-electron chi connectivity index (χ2n) is 3.98. The highest BCUT2D eigenvalue weighted by Gasteiger charge is 2.05. The first kappa shape index (κ1) is 19.1. The summed E-state index contributed by atoms with van der Waals surface area (Å²) in [5.41, 5.74) is 0. The average molecular weight is 413 g/mol. The van der Waals surface area contributed by atoms with Crippen molar-refractivity contribution in [2.45, 2.75) is 13.3 Å². The van der Waals surface area contributed by atoms with Crippen LogP contribution in [0.2, 0.25) is 0 Å². The van der Waals surface area contributed by atoms with Gasteiger partial charge in [0.05, 0.1) is 6.54 Å². The van der Waals surface area contributed by atoms with E-state index in [9.17, 15) is 0 Å². The van der Waals surface area contributed by atoms with Crippen LogP contribution in [0.5, 0.6) is 0 Å². The van der Waals surface area contributed by atoms with E-state index >= 15 is 0 Å². The van der Waals surface area contributed by atoms with E-state index < -0.39 is 0 Å². The predicted octanol–water partition coefficient (Wildman–Crippen LogP) is 3.17. The monoisotopic (exact) mass is 413 g/mol. The van der Waals surface area contributed by atoms with Gasteiger partial charge in [0.15, 0.2) is 5.96 Å². The summed E-state index contributed by atoms with van der Waals surface area (Å²) in [7, 11) is 2.11. The van der Waals surface area contributed by atoms with Crippen molar-refractivity contribution in [2.75, 3.05) is 38.7 Å². The summed E-state index contributed by atoms with van der Waals surface area (Å²) < 4.78 is 0. The zero-order valence-corrected chi connectivity index (χ0v) is 15.9. The van der Waals surface area contributed by atoms with Crippen LogP contribution in [0.3, 0.4) is 0 Å². The van der Waals surface area contributed by atoms with E-state index in [-0.39, 0.29) is 24.0 Å². The van der Waals surface area contributed by atoms with Crippen molar-refractivity contribution in [1.82, 2.24) is 10.2 Å². The third kappa shape index (κ3) is 8.04. The molecule has 1 aromatic rings. The van der Waals surface area contributed by atoms with Crippen LogP contribution in [0.25, 0.3) is 0 Å². The molecule has 110 valence electrons. The number of hydrogen-bond acceptors (Lipinski definition) is 3. The van der Waals surface area contributed by atoms with E-state index in [0.29, 0.717) is 0 Å². The normalized spacial score (nSPS) is 11.0. The molecule has 0 amide bonds. The third-order valence-corrected chi connectivity index (χ3v) is 4.05. The van der Waals surface area contributed by atoms with Crippen molar-refractivity contribution in [2.24, 2.45) is 4.99 Å². The van der Waals surface area contributed by atoms with Crippen LogP contribution in [-0.2, 0) is 6.42 Å². The maximum Gasteiger partial charge on any atom is 0.193 e. The molecule has 0 aromatic carbocycles. The lowest BCUT2D eigenvalue weighted by Gasteiger charge is -2.21. The SMILES string of the molecule is CCNC(=NCCSC)N(C)CCc1cccs1.I. The van der Waals surface area contributed by atoms with E-state index in [2.05, 4.69) is 52.9 Å². The summed E-state index contributed by atoms with van der Waals surface area (Å²) in [5.74, 6) is 2.09. The number of nitrogens with zero attached hydrogens (tertiary/aromatic N) is 2. The molecule has 0 spiro atoms. The number of halogens is 1. The van der Waals surface area contributed by atoms with Crippen molar-refractivity contribution in [1.29, 1.82) is 0 Å². The van der Waals surface area contributed by atoms with Crippen LogP contribution < -0.4 is 5.32 Å². The van der Waals surface area contributed by atoms with Gasteiger partial charge in [0, 0.05) is 30.8 Å². The maximum absolute atomic E-state index is 4.62. The molecule has 1 rings (SSSR count). The molecule has 0 aliphatic rings. The molecule has 0 fully saturated rings. The Morgan fingerprint density at radius 1 is 1.53 bits per heavy atom. The molecule has 1 aromatic heterocycles. The maximum atomic E-state index is 4.62. The Bertz CT molecular complexity index is 342. The lowest BCUT2D eigenvalue weighted by Crippen LogP contribution is -2.40. The number of guanidine groups is 1. The van der Waals surface area contributed by atoms with Crippen LogP contribution in [-0.4, -0.2) is 49.6 Å². The van der Waals surface area contributed by atoms with Gasteiger partial charge in [-0.2, -0.15) is 11.8 Å². The Balaban J connectivity index is 0.00000324. The summed E-state index contributed by atoms with van der Waals surface area (Å²) in [6, 6.07) is 4.30. The van der Waals surface area contributed by atoms with Crippen LogP contribution >= 0.6 is 47.1 Å². The largest absolute Gasteiger partial charge is 0.357 e. The van der Waals surface area contributed by atoms with Crippen LogP contribution in [0.15, 0.2) is 22.5 Å². The fourth-order valence-corrected chi connectivity index (χ4v) is 2.52. The number of aliphatic imine (C=N–C) groups is 1. The van der Waals surface area contributed by atoms with Gasteiger partial charge in [-0.1, -0.05) is 6.07 Å². The smallest absolute Gasteiger partial charge is 0.193 e. The van der Waals surface area contributed by atoms with Crippen molar-refractivity contribution in [3.05, 3.63) is 22.4 Å². The van der Waals surface area contributed by atoms with E-state index in [1.807, 2.05) is 23.1 Å². The van der Waals surface area contributed by atoms with Gasteiger partial charge in [-0.05, 0) is 31.0 Å². The molecule has 0 saturated carbocycles. The highest BCUT2D eigenvalue weighted by molar-refractivity contribution is 14.0. The lowest BCUT2D eigenvalue weighted by atomic mass is 10.3. The highest BCUT2D eigenvalue weighted by atomic mass is 127. The van der Waals surface area contributed by atoms with Gasteiger partial charge in [0.2, 0.25) is 0 Å². The topological polar surface area (TPSA) is 27.6 Å². The Labute approximate surface area is 142 Å². The van der Waals surface area contributed by atoms with Crippen molar-refractivity contribution >= 4 is 53.0 Å². The van der Waals surface area contributed by atoms with Crippen LogP contribution in [0, 0.1) is 0 Å². The van der Waals surface area contributed by atoms with Gasteiger partial charge in [-0.3, -0.25) is 4.99 Å². The molecule has 0 radical (unpaired) electrons. The van der Waals surface area contributed by atoms with Crippen LogP contribution in [0.1, 0.15) is 11.8 Å². The minimum absolute atomic E-state index is 0. The quantitative estimate of drug-likeness (QED) is 0.322.